The molecular weight excluding hydrogens is 220 g/mol. The summed E-state index contributed by atoms with van der Waals surface area (Å²) in [6.45, 7) is 0. The van der Waals surface area contributed by atoms with Crippen LogP contribution >= 0.6 is 0 Å². The number of benzene rings is 1. The number of nitrogens with one attached hydrogen (secondary N) is 1. The lowest BCUT2D eigenvalue weighted by Gasteiger charge is -2.10. The molecule has 0 bridgehead atoms. The molecule has 5 heteroatoms. The molecular formula is C12H14N2O3. The van der Waals surface area contributed by atoms with Gasteiger partial charge in [-0.3, -0.25) is 9.59 Å². The van der Waals surface area contributed by atoms with Crippen LogP contribution in [0.2, 0.25) is 0 Å². The predicted molar refractivity (Wildman–Crippen MR) is 62.6 cm³/mol. The van der Waals surface area contributed by atoms with Crippen molar-refractivity contribution in [2.24, 2.45) is 5.73 Å². The number of hydrogen-bond acceptors (Lipinski definition) is 3. The molecule has 90 valence electrons. The molecule has 0 aliphatic heterocycles. The third-order valence-electron chi connectivity index (χ3n) is 2.81. The highest BCUT2D eigenvalue weighted by atomic mass is 16.4. The van der Waals surface area contributed by atoms with E-state index in [0.29, 0.717) is 11.3 Å². The van der Waals surface area contributed by atoms with Crippen LogP contribution in [-0.2, 0) is 16.0 Å². The lowest BCUT2D eigenvalue weighted by Crippen LogP contribution is -2.37. The Morgan fingerprint density at radius 2 is 1.88 bits per heavy atom. The zero-order chi connectivity index (χ0) is 12.5. The van der Waals surface area contributed by atoms with Crippen molar-refractivity contribution in [1.29, 1.82) is 0 Å². The topological polar surface area (TPSA) is 92.4 Å². The highest BCUT2D eigenvalue weighted by Crippen LogP contribution is 2.33. The Labute approximate surface area is 98.6 Å². The summed E-state index contributed by atoms with van der Waals surface area (Å²) in [6.07, 6.45) is 1.42. The Bertz CT molecular complexity index is 449. The molecule has 1 aliphatic carbocycles. The highest BCUT2D eigenvalue weighted by molar-refractivity contribution is 6.00. The minimum absolute atomic E-state index is 0.0188. The molecule has 5 nitrogen and oxygen atoms in total. The number of nitrogens with two attached hydrogens (primary N) is 1. The van der Waals surface area contributed by atoms with Crippen molar-refractivity contribution in [1.82, 2.24) is 0 Å². The molecule has 1 aromatic carbocycles. The molecule has 1 fully saturated rings. The zero-order valence-corrected chi connectivity index (χ0v) is 9.27. The van der Waals surface area contributed by atoms with Gasteiger partial charge in [0.2, 0.25) is 5.91 Å². The van der Waals surface area contributed by atoms with E-state index in [1.165, 1.54) is 0 Å². The van der Waals surface area contributed by atoms with Crippen molar-refractivity contribution in [3.63, 3.8) is 0 Å². The van der Waals surface area contributed by atoms with Crippen LogP contribution in [0.25, 0.3) is 0 Å². The summed E-state index contributed by atoms with van der Waals surface area (Å²) in [6, 6.07) is 6.73. The minimum atomic E-state index is -0.874. The van der Waals surface area contributed by atoms with Gasteiger partial charge in [-0.1, -0.05) is 12.1 Å². The van der Waals surface area contributed by atoms with Crippen LogP contribution in [0.15, 0.2) is 24.3 Å². The second-order valence-corrected chi connectivity index (χ2v) is 4.38. The van der Waals surface area contributed by atoms with Crippen molar-refractivity contribution in [2.45, 2.75) is 24.8 Å². The largest absolute Gasteiger partial charge is 0.481 e. The highest BCUT2D eigenvalue weighted by Gasteiger charge is 2.45. The summed E-state index contributed by atoms with van der Waals surface area (Å²) in [7, 11) is 0. The Kier molecular flexibility index (Phi) is 2.85. The van der Waals surface area contributed by atoms with Crippen molar-refractivity contribution in [3.05, 3.63) is 29.8 Å². The van der Waals surface area contributed by atoms with Crippen LogP contribution < -0.4 is 11.1 Å². The molecule has 0 radical (unpaired) electrons. The van der Waals surface area contributed by atoms with Crippen LogP contribution in [-0.4, -0.2) is 22.5 Å². The molecule has 1 aliphatic rings. The molecule has 1 amide bonds. The molecule has 4 N–H and O–H groups in total. The summed E-state index contributed by atoms with van der Waals surface area (Å²) >= 11 is 0. The number of carboxylic acid groups (broad SMARTS) is 1. The summed E-state index contributed by atoms with van der Waals surface area (Å²) < 4.78 is 0. The van der Waals surface area contributed by atoms with E-state index in [1.807, 2.05) is 0 Å². The molecule has 0 unspecified atom stereocenters. The number of carbonyl (C=O) groups excluding carboxylic acids is 1. The maximum atomic E-state index is 11.6. The van der Waals surface area contributed by atoms with Crippen LogP contribution in [0.4, 0.5) is 5.69 Å². The Hall–Kier alpha value is -1.88. The number of hydrogen-bond donors (Lipinski definition) is 3. The summed E-state index contributed by atoms with van der Waals surface area (Å²) in [5, 5.41) is 11.3. The fourth-order valence-corrected chi connectivity index (χ4v) is 1.50. The first-order valence-electron chi connectivity index (χ1n) is 5.41. The summed E-state index contributed by atoms with van der Waals surface area (Å²) in [5.74, 6) is -1.05. The molecule has 0 spiro atoms. The van der Waals surface area contributed by atoms with Crippen LogP contribution in [0, 0.1) is 0 Å². The van der Waals surface area contributed by atoms with Gasteiger partial charge in [-0.05, 0) is 30.5 Å². The van der Waals surface area contributed by atoms with Gasteiger partial charge in [-0.15, -0.1) is 0 Å². The van der Waals surface area contributed by atoms with Gasteiger partial charge in [0.1, 0.15) is 0 Å². The van der Waals surface area contributed by atoms with Gasteiger partial charge in [0.15, 0.2) is 0 Å². The second-order valence-electron chi connectivity index (χ2n) is 4.38. The van der Waals surface area contributed by atoms with Crippen molar-refractivity contribution in [3.8, 4) is 0 Å². The predicted octanol–water partition coefficient (Wildman–Crippen LogP) is 0.743. The Balaban J connectivity index is 1.98. The number of anilines is 1. The standard InChI is InChI=1S/C12H14N2O3/c13-12(5-6-12)11(17)14-9-3-1-8(2-4-9)7-10(15)16/h1-4H,5-7,13H2,(H,14,17)(H,15,16). The first-order valence-corrected chi connectivity index (χ1v) is 5.41. The second kappa shape index (κ2) is 4.18. The molecule has 0 aromatic heterocycles. The maximum absolute atomic E-state index is 11.6. The van der Waals surface area contributed by atoms with Crippen LogP contribution in [0.3, 0.4) is 0 Å². The van der Waals surface area contributed by atoms with Gasteiger partial charge in [-0.2, -0.15) is 0 Å². The third kappa shape index (κ3) is 2.82. The summed E-state index contributed by atoms with van der Waals surface area (Å²) in [4.78, 5) is 22.1. The summed E-state index contributed by atoms with van der Waals surface area (Å²) in [5.41, 5.74) is 6.39. The number of carboxylic acids is 1. The number of carbonyl (C=O) groups is 2. The SMILES string of the molecule is NC1(C(=O)Nc2ccc(CC(=O)O)cc2)CC1. The molecule has 0 saturated heterocycles. The van der Waals surface area contributed by atoms with Crippen molar-refractivity contribution >= 4 is 17.6 Å². The molecule has 0 heterocycles. The van der Waals surface area contributed by atoms with Gasteiger partial charge < -0.3 is 16.2 Å². The first-order chi connectivity index (χ1) is 7.99. The normalized spacial score (nSPS) is 16.3. The average molecular weight is 234 g/mol. The van der Waals surface area contributed by atoms with Crippen molar-refractivity contribution in [2.75, 3.05) is 5.32 Å². The number of amides is 1. The molecule has 1 saturated carbocycles. The molecule has 17 heavy (non-hydrogen) atoms. The quantitative estimate of drug-likeness (QED) is 0.716. The van der Waals surface area contributed by atoms with E-state index in [4.69, 9.17) is 10.8 Å². The van der Waals surface area contributed by atoms with E-state index in [0.717, 1.165) is 12.8 Å². The van der Waals surface area contributed by atoms with E-state index in [9.17, 15) is 9.59 Å². The van der Waals surface area contributed by atoms with Gasteiger partial charge in [0.05, 0.1) is 12.0 Å². The smallest absolute Gasteiger partial charge is 0.307 e. The van der Waals surface area contributed by atoms with E-state index >= 15 is 0 Å². The average Bonchev–Trinajstić information content (AvgIpc) is 3.00. The van der Waals surface area contributed by atoms with Crippen LogP contribution in [0.1, 0.15) is 18.4 Å². The monoisotopic (exact) mass is 234 g/mol. The maximum Gasteiger partial charge on any atom is 0.307 e. The molecule has 1 aromatic rings. The lowest BCUT2D eigenvalue weighted by atomic mass is 10.1. The van der Waals surface area contributed by atoms with Gasteiger partial charge in [-0.25, -0.2) is 0 Å². The molecule has 2 rings (SSSR count). The molecule has 0 atom stereocenters. The first kappa shape index (κ1) is 11.6. The number of rotatable bonds is 4. The van der Waals surface area contributed by atoms with Gasteiger partial charge in [0, 0.05) is 5.69 Å². The van der Waals surface area contributed by atoms with Crippen LogP contribution in [0.5, 0.6) is 0 Å². The minimum Gasteiger partial charge on any atom is -0.481 e. The Morgan fingerprint density at radius 3 is 2.35 bits per heavy atom. The van der Waals surface area contributed by atoms with E-state index < -0.39 is 11.5 Å². The zero-order valence-electron chi connectivity index (χ0n) is 9.27. The van der Waals surface area contributed by atoms with E-state index in [2.05, 4.69) is 5.32 Å². The van der Waals surface area contributed by atoms with E-state index in [1.54, 1.807) is 24.3 Å². The fraction of sp³-hybridized carbons (Fsp3) is 0.333. The van der Waals surface area contributed by atoms with Crippen molar-refractivity contribution < 1.29 is 14.7 Å². The fourth-order valence-electron chi connectivity index (χ4n) is 1.50. The third-order valence-corrected chi connectivity index (χ3v) is 2.81. The van der Waals surface area contributed by atoms with Gasteiger partial charge in [0.25, 0.3) is 0 Å². The Morgan fingerprint density at radius 1 is 1.29 bits per heavy atom. The van der Waals surface area contributed by atoms with E-state index in [-0.39, 0.29) is 12.3 Å². The number of aliphatic carboxylic acids is 1. The lowest BCUT2D eigenvalue weighted by molar-refractivity contribution is -0.136. The van der Waals surface area contributed by atoms with Gasteiger partial charge >= 0.3 is 5.97 Å².